The van der Waals surface area contributed by atoms with Crippen LogP contribution in [0.2, 0.25) is 0 Å². The van der Waals surface area contributed by atoms with E-state index in [0.29, 0.717) is 30.2 Å². The lowest BCUT2D eigenvalue weighted by atomic mass is 10.1. The highest BCUT2D eigenvalue weighted by Gasteiger charge is 2.40. The smallest absolute Gasteiger partial charge is 0.239 e. The second-order valence-electron chi connectivity index (χ2n) is 6.64. The Bertz CT molecular complexity index is 514. The Morgan fingerprint density at radius 2 is 2.24 bits per heavy atom. The van der Waals surface area contributed by atoms with Crippen LogP contribution in [0.4, 0.5) is 0 Å². The molecule has 1 aromatic rings. The quantitative estimate of drug-likeness (QED) is 0.841. The number of fused-ring (bicyclic) bond motifs is 1. The van der Waals surface area contributed by atoms with Gasteiger partial charge in [0.2, 0.25) is 11.8 Å². The molecule has 6 nitrogen and oxygen atoms in total. The van der Waals surface area contributed by atoms with Crippen LogP contribution in [0.25, 0.3) is 0 Å². The summed E-state index contributed by atoms with van der Waals surface area (Å²) in [6.45, 7) is 8.67. The van der Waals surface area contributed by atoms with Crippen LogP contribution in [0.5, 0.6) is 0 Å². The molecule has 0 radical (unpaired) electrons. The van der Waals surface area contributed by atoms with E-state index in [0.717, 1.165) is 32.4 Å². The second kappa shape index (κ2) is 5.75. The highest BCUT2D eigenvalue weighted by atomic mass is 16.5. The Kier molecular flexibility index (Phi) is 3.97. The average molecular weight is 292 g/mol. The fourth-order valence-electron chi connectivity index (χ4n) is 3.31. The summed E-state index contributed by atoms with van der Waals surface area (Å²) in [7, 11) is 0. The van der Waals surface area contributed by atoms with Gasteiger partial charge >= 0.3 is 0 Å². The third kappa shape index (κ3) is 2.95. The number of carbonyl (C=O) groups excluding carboxylic acids is 1. The monoisotopic (exact) mass is 292 g/mol. The van der Waals surface area contributed by atoms with Gasteiger partial charge < -0.3 is 9.42 Å². The molecule has 2 aliphatic rings. The van der Waals surface area contributed by atoms with Gasteiger partial charge in [0, 0.05) is 25.6 Å². The van der Waals surface area contributed by atoms with E-state index < -0.39 is 0 Å². The van der Waals surface area contributed by atoms with E-state index in [2.05, 4.69) is 28.9 Å². The molecule has 2 aliphatic heterocycles. The van der Waals surface area contributed by atoms with E-state index in [1.165, 1.54) is 0 Å². The Balaban J connectivity index is 1.66. The number of rotatable bonds is 4. The molecule has 0 saturated carbocycles. The molecule has 0 spiro atoms. The van der Waals surface area contributed by atoms with Gasteiger partial charge in [-0.1, -0.05) is 19.0 Å². The number of nitrogens with zero attached hydrogens (tertiary/aromatic N) is 4. The first-order chi connectivity index (χ1) is 10.0. The predicted molar refractivity (Wildman–Crippen MR) is 77.4 cm³/mol. The van der Waals surface area contributed by atoms with Gasteiger partial charge in [0.1, 0.15) is 0 Å². The molecule has 0 aliphatic carbocycles. The maximum atomic E-state index is 12.4. The average Bonchev–Trinajstić information content (AvgIpc) is 3.04. The molecule has 1 amide bonds. The van der Waals surface area contributed by atoms with Crippen LogP contribution in [0.15, 0.2) is 4.52 Å². The molecule has 0 bridgehead atoms. The molecule has 6 heteroatoms. The Hall–Kier alpha value is -1.43. The first kappa shape index (κ1) is 14.5. The first-order valence-electron chi connectivity index (χ1n) is 7.90. The maximum absolute atomic E-state index is 12.4. The van der Waals surface area contributed by atoms with Crippen LogP contribution < -0.4 is 0 Å². The zero-order chi connectivity index (χ0) is 15.0. The van der Waals surface area contributed by atoms with Crippen molar-refractivity contribution < 1.29 is 9.32 Å². The zero-order valence-corrected chi connectivity index (χ0v) is 13.1. The lowest BCUT2D eigenvalue weighted by Gasteiger charge is -2.41. The molecule has 1 aromatic heterocycles. The predicted octanol–water partition coefficient (Wildman–Crippen LogP) is 1.46. The first-order valence-corrected chi connectivity index (χ1v) is 7.90. The fourth-order valence-corrected chi connectivity index (χ4v) is 3.31. The van der Waals surface area contributed by atoms with Gasteiger partial charge in [-0.2, -0.15) is 4.98 Å². The van der Waals surface area contributed by atoms with Crippen LogP contribution in [0, 0.1) is 5.92 Å². The summed E-state index contributed by atoms with van der Waals surface area (Å²) in [5, 5.41) is 4.06. The SMILES string of the molecule is CC(C)Cc1nc(CN2C[C@H]3CCCN3C(=O)[C@@H]2C)no1. The molecule has 2 atom stereocenters. The molecule has 0 aromatic carbocycles. The number of aromatic nitrogens is 2. The molecule has 116 valence electrons. The molecule has 3 heterocycles. The van der Waals surface area contributed by atoms with Crippen molar-refractivity contribution in [2.45, 2.75) is 58.7 Å². The molecule has 3 rings (SSSR count). The summed E-state index contributed by atoms with van der Waals surface area (Å²) >= 11 is 0. The molecule has 21 heavy (non-hydrogen) atoms. The van der Waals surface area contributed by atoms with Gasteiger partial charge in [0.25, 0.3) is 0 Å². The van der Waals surface area contributed by atoms with Crippen LogP contribution in [-0.2, 0) is 17.8 Å². The van der Waals surface area contributed by atoms with Gasteiger partial charge in [-0.15, -0.1) is 0 Å². The van der Waals surface area contributed by atoms with E-state index in [1.807, 2.05) is 11.8 Å². The fraction of sp³-hybridized carbons (Fsp3) is 0.800. The summed E-state index contributed by atoms with van der Waals surface area (Å²) in [6.07, 6.45) is 3.04. The Morgan fingerprint density at radius 1 is 1.43 bits per heavy atom. The van der Waals surface area contributed by atoms with Crippen molar-refractivity contribution in [3.63, 3.8) is 0 Å². The maximum Gasteiger partial charge on any atom is 0.239 e. The number of hydrogen-bond acceptors (Lipinski definition) is 5. The van der Waals surface area contributed by atoms with Gasteiger partial charge in [-0.3, -0.25) is 9.69 Å². The molecule has 0 N–H and O–H groups in total. The summed E-state index contributed by atoms with van der Waals surface area (Å²) in [5.41, 5.74) is 0. The Labute approximate surface area is 125 Å². The van der Waals surface area contributed by atoms with Crippen molar-refractivity contribution in [1.29, 1.82) is 0 Å². The van der Waals surface area contributed by atoms with E-state index in [9.17, 15) is 4.79 Å². The van der Waals surface area contributed by atoms with Gasteiger partial charge in [-0.05, 0) is 25.7 Å². The number of amides is 1. The van der Waals surface area contributed by atoms with Gasteiger partial charge in [-0.25, -0.2) is 0 Å². The second-order valence-corrected chi connectivity index (χ2v) is 6.64. The number of hydrogen-bond donors (Lipinski definition) is 0. The van der Waals surface area contributed by atoms with E-state index >= 15 is 0 Å². The van der Waals surface area contributed by atoms with E-state index in [-0.39, 0.29) is 11.9 Å². The molecular formula is C15H24N4O2. The topological polar surface area (TPSA) is 62.5 Å². The van der Waals surface area contributed by atoms with Crippen molar-refractivity contribution >= 4 is 5.91 Å². The van der Waals surface area contributed by atoms with Gasteiger partial charge in [0.15, 0.2) is 5.82 Å². The number of piperazine rings is 1. The van der Waals surface area contributed by atoms with Crippen LogP contribution in [-0.4, -0.2) is 51.0 Å². The summed E-state index contributed by atoms with van der Waals surface area (Å²) in [5.74, 6) is 2.13. The third-order valence-electron chi connectivity index (χ3n) is 4.45. The normalized spacial score (nSPS) is 26.7. The largest absolute Gasteiger partial charge is 0.339 e. The summed E-state index contributed by atoms with van der Waals surface area (Å²) in [4.78, 5) is 21.0. The Morgan fingerprint density at radius 3 is 3.00 bits per heavy atom. The van der Waals surface area contributed by atoms with Crippen molar-refractivity contribution in [3.8, 4) is 0 Å². The van der Waals surface area contributed by atoms with Crippen LogP contribution >= 0.6 is 0 Å². The van der Waals surface area contributed by atoms with Crippen LogP contribution in [0.1, 0.15) is 45.3 Å². The number of carbonyl (C=O) groups is 1. The van der Waals surface area contributed by atoms with Crippen molar-refractivity contribution in [2.75, 3.05) is 13.1 Å². The molecular weight excluding hydrogens is 268 g/mol. The minimum atomic E-state index is -0.0913. The van der Waals surface area contributed by atoms with Crippen LogP contribution in [0.3, 0.4) is 0 Å². The summed E-state index contributed by atoms with van der Waals surface area (Å²) in [6, 6.07) is 0.280. The molecule has 2 saturated heterocycles. The van der Waals surface area contributed by atoms with Crippen molar-refractivity contribution in [3.05, 3.63) is 11.7 Å². The lowest BCUT2D eigenvalue weighted by Crippen LogP contribution is -2.58. The highest BCUT2D eigenvalue weighted by molar-refractivity contribution is 5.82. The van der Waals surface area contributed by atoms with Crippen molar-refractivity contribution in [1.82, 2.24) is 19.9 Å². The molecule has 2 fully saturated rings. The summed E-state index contributed by atoms with van der Waals surface area (Å²) < 4.78 is 5.28. The third-order valence-corrected chi connectivity index (χ3v) is 4.45. The minimum absolute atomic E-state index is 0.0913. The van der Waals surface area contributed by atoms with Gasteiger partial charge in [0.05, 0.1) is 12.6 Å². The standard InChI is InChI=1S/C15H24N4O2/c1-10(2)7-14-16-13(17-21-14)9-18-8-12-5-4-6-19(12)15(20)11(18)3/h10-12H,4-9H2,1-3H3/t11-,12+/m0/s1. The van der Waals surface area contributed by atoms with E-state index in [1.54, 1.807) is 0 Å². The highest BCUT2D eigenvalue weighted by Crippen LogP contribution is 2.26. The zero-order valence-electron chi connectivity index (χ0n) is 13.1. The van der Waals surface area contributed by atoms with Crippen molar-refractivity contribution in [2.24, 2.45) is 5.92 Å². The molecule has 0 unspecified atom stereocenters. The van der Waals surface area contributed by atoms with E-state index in [4.69, 9.17) is 4.52 Å². The minimum Gasteiger partial charge on any atom is -0.339 e. The lowest BCUT2D eigenvalue weighted by molar-refractivity contribution is -0.143.